The zero-order chi connectivity index (χ0) is 15.0. The lowest BCUT2D eigenvalue weighted by Gasteiger charge is -2.22. The average Bonchev–Trinajstić information content (AvgIpc) is 2.87. The van der Waals surface area contributed by atoms with Gasteiger partial charge < -0.3 is 4.42 Å². The van der Waals surface area contributed by atoms with Gasteiger partial charge in [0, 0.05) is 16.5 Å². The zero-order valence-corrected chi connectivity index (χ0v) is 14.1. The van der Waals surface area contributed by atoms with Gasteiger partial charge in [0.05, 0.1) is 17.3 Å². The van der Waals surface area contributed by atoms with Gasteiger partial charge in [-0.3, -0.25) is 0 Å². The van der Waals surface area contributed by atoms with E-state index in [-0.39, 0.29) is 16.0 Å². The third-order valence-electron chi connectivity index (χ3n) is 3.53. The Morgan fingerprint density at radius 2 is 2.14 bits per heavy atom. The smallest absolute Gasteiger partial charge is 0.242 e. The Labute approximate surface area is 136 Å². The first-order chi connectivity index (χ1) is 9.97. The van der Waals surface area contributed by atoms with Crippen molar-refractivity contribution in [2.45, 2.75) is 30.2 Å². The van der Waals surface area contributed by atoms with Crippen LogP contribution in [0, 0.1) is 0 Å². The van der Waals surface area contributed by atoms with E-state index in [0.717, 1.165) is 35.1 Å². The number of fused-ring (bicyclic) bond motifs is 1. The van der Waals surface area contributed by atoms with Crippen molar-refractivity contribution in [1.82, 2.24) is 4.72 Å². The fourth-order valence-electron chi connectivity index (χ4n) is 2.55. The predicted molar refractivity (Wildman–Crippen MR) is 83.9 cm³/mol. The molecule has 0 bridgehead atoms. The zero-order valence-electron chi connectivity index (χ0n) is 11.0. The van der Waals surface area contributed by atoms with Gasteiger partial charge in [0.15, 0.2) is 0 Å². The van der Waals surface area contributed by atoms with Crippen LogP contribution >= 0.6 is 27.5 Å². The summed E-state index contributed by atoms with van der Waals surface area (Å²) in [4.78, 5) is 0.0861. The van der Waals surface area contributed by atoms with Crippen molar-refractivity contribution in [3.05, 3.63) is 51.3 Å². The highest BCUT2D eigenvalue weighted by Gasteiger charge is 2.28. The van der Waals surface area contributed by atoms with Gasteiger partial charge in [-0.2, -0.15) is 0 Å². The minimum Gasteiger partial charge on any atom is -0.469 e. The van der Waals surface area contributed by atoms with E-state index in [1.807, 2.05) is 6.07 Å². The molecule has 0 saturated carbocycles. The molecule has 21 heavy (non-hydrogen) atoms. The number of sulfonamides is 1. The maximum atomic E-state index is 12.5. The highest BCUT2D eigenvalue weighted by molar-refractivity contribution is 9.10. The van der Waals surface area contributed by atoms with E-state index in [0.29, 0.717) is 0 Å². The summed E-state index contributed by atoms with van der Waals surface area (Å²) in [6.07, 6.45) is 4.09. The third-order valence-corrected chi connectivity index (χ3v) is 5.98. The van der Waals surface area contributed by atoms with Crippen molar-refractivity contribution in [1.29, 1.82) is 0 Å². The highest BCUT2D eigenvalue weighted by Crippen LogP contribution is 2.33. The van der Waals surface area contributed by atoms with Crippen LogP contribution in [-0.2, 0) is 16.4 Å². The molecular formula is C14H13BrClNO3S. The van der Waals surface area contributed by atoms with E-state index in [1.165, 1.54) is 6.07 Å². The molecule has 0 spiro atoms. The van der Waals surface area contributed by atoms with Crippen molar-refractivity contribution in [3.8, 4) is 0 Å². The molecule has 1 atom stereocenters. The maximum Gasteiger partial charge on any atom is 0.242 e. The van der Waals surface area contributed by atoms with Crippen molar-refractivity contribution in [3.63, 3.8) is 0 Å². The van der Waals surface area contributed by atoms with Gasteiger partial charge in [-0.1, -0.05) is 27.5 Å². The number of benzene rings is 1. The molecule has 4 nitrogen and oxygen atoms in total. The molecule has 1 unspecified atom stereocenters. The van der Waals surface area contributed by atoms with E-state index in [4.69, 9.17) is 16.0 Å². The van der Waals surface area contributed by atoms with Gasteiger partial charge in [0.2, 0.25) is 10.0 Å². The average molecular weight is 391 g/mol. The van der Waals surface area contributed by atoms with Crippen LogP contribution in [0.15, 0.2) is 44.3 Å². The van der Waals surface area contributed by atoms with Gasteiger partial charge in [-0.15, -0.1) is 0 Å². The fraction of sp³-hybridized carbons (Fsp3) is 0.286. The first kappa shape index (κ1) is 15.1. The summed E-state index contributed by atoms with van der Waals surface area (Å²) >= 11 is 9.31. The lowest BCUT2D eigenvalue weighted by atomic mass is 9.94. The fourth-order valence-corrected chi connectivity index (χ4v) is 4.84. The number of nitrogens with one attached hydrogen (secondary N) is 1. The number of hydrogen-bond acceptors (Lipinski definition) is 3. The van der Waals surface area contributed by atoms with Crippen LogP contribution in [0.2, 0.25) is 5.02 Å². The lowest BCUT2D eigenvalue weighted by molar-refractivity contribution is 0.438. The maximum absolute atomic E-state index is 12.5. The van der Waals surface area contributed by atoms with Crippen molar-refractivity contribution in [2.24, 2.45) is 0 Å². The topological polar surface area (TPSA) is 59.3 Å². The van der Waals surface area contributed by atoms with E-state index < -0.39 is 10.0 Å². The monoisotopic (exact) mass is 389 g/mol. The van der Waals surface area contributed by atoms with Crippen molar-refractivity contribution >= 4 is 37.6 Å². The van der Waals surface area contributed by atoms with Crippen LogP contribution in [0.4, 0.5) is 0 Å². The molecule has 1 aromatic heterocycles. The van der Waals surface area contributed by atoms with Gasteiger partial charge >= 0.3 is 0 Å². The Morgan fingerprint density at radius 1 is 1.33 bits per heavy atom. The van der Waals surface area contributed by atoms with Crippen LogP contribution in [-0.4, -0.2) is 8.42 Å². The molecule has 0 amide bonds. The normalized spacial score (nSPS) is 18.5. The SMILES string of the molecule is O=S(=O)(NC1CCCc2occc21)c1ccc(Br)cc1Cl. The summed E-state index contributed by atoms with van der Waals surface area (Å²) < 4.78 is 33.9. The number of rotatable bonds is 3. The molecule has 1 aliphatic rings. The minimum atomic E-state index is -3.67. The molecule has 0 saturated heterocycles. The molecule has 1 aliphatic carbocycles. The second-order valence-corrected chi connectivity index (χ2v) is 7.95. The summed E-state index contributed by atoms with van der Waals surface area (Å²) in [6, 6.07) is 6.28. The number of halogens is 2. The van der Waals surface area contributed by atoms with E-state index in [1.54, 1.807) is 18.4 Å². The van der Waals surface area contributed by atoms with Crippen molar-refractivity contribution < 1.29 is 12.8 Å². The third kappa shape index (κ3) is 3.04. The van der Waals surface area contributed by atoms with E-state index in [9.17, 15) is 8.42 Å². The Hall–Kier alpha value is -0.820. The quantitative estimate of drug-likeness (QED) is 0.860. The standard InChI is InChI=1S/C14H13BrClNO3S/c15-9-4-5-14(11(16)8-9)21(18,19)17-12-2-1-3-13-10(12)6-7-20-13/h4-8,12,17H,1-3H2. The van der Waals surface area contributed by atoms with E-state index in [2.05, 4.69) is 20.7 Å². The predicted octanol–water partition coefficient (Wildman–Crippen LogP) is 4.05. The lowest BCUT2D eigenvalue weighted by Crippen LogP contribution is -2.30. The Kier molecular flexibility index (Phi) is 4.14. The largest absolute Gasteiger partial charge is 0.469 e. The van der Waals surface area contributed by atoms with Crippen molar-refractivity contribution in [2.75, 3.05) is 0 Å². The molecule has 2 aromatic rings. The Balaban J connectivity index is 1.91. The molecule has 1 N–H and O–H groups in total. The van der Waals surface area contributed by atoms with Crippen LogP contribution < -0.4 is 4.72 Å². The Bertz CT molecular complexity index is 772. The molecule has 0 radical (unpaired) electrons. The summed E-state index contributed by atoms with van der Waals surface area (Å²) in [5.74, 6) is 0.857. The molecule has 1 heterocycles. The number of hydrogen-bond donors (Lipinski definition) is 1. The van der Waals surface area contributed by atoms with Gasteiger partial charge in [-0.25, -0.2) is 13.1 Å². The van der Waals surface area contributed by atoms with Crippen LogP contribution in [0.1, 0.15) is 30.2 Å². The van der Waals surface area contributed by atoms with Crippen LogP contribution in [0.5, 0.6) is 0 Å². The summed E-state index contributed by atoms with van der Waals surface area (Å²) in [5, 5.41) is 0.195. The van der Waals surface area contributed by atoms with Gasteiger partial charge in [0.25, 0.3) is 0 Å². The molecule has 7 heteroatoms. The first-order valence-corrected chi connectivity index (χ1v) is 9.16. The molecule has 0 fully saturated rings. The molecule has 1 aromatic carbocycles. The second kappa shape index (κ2) is 5.76. The van der Waals surface area contributed by atoms with Gasteiger partial charge in [0.1, 0.15) is 10.7 Å². The molecule has 112 valence electrons. The number of aryl methyl sites for hydroxylation is 1. The summed E-state index contributed by atoms with van der Waals surface area (Å²) in [7, 11) is -3.67. The number of furan rings is 1. The molecule has 0 aliphatic heterocycles. The van der Waals surface area contributed by atoms with Gasteiger partial charge in [-0.05, 0) is 37.1 Å². The molecule has 3 rings (SSSR count). The molecular weight excluding hydrogens is 378 g/mol. The Morgan fingerprint density at radius 3 is 2.90 bits per heavy atom. The van der Waals surface area contributed by atoms with Crippen LogP contribution in [0.25, 0.3) is 0 Å². The first-order valence-electron chi connectivity index (χ1n) is 6.51. The summed E-state index contributed by atoms with van der Waals surface area (Å²) in [5.41, 5.74) is 0.915. The minimum absolute atomic E-state index is 0.0861. The van der Waals surface area contributed by atoms with E-state index >= 15 is 0 Å². The highest BCUT2D eigenvalue weighted by atomic mass is 79.9. The summed E-state index contributed by atoms with van der Waals surface area (Å²) in [6.45, 7) is 0. The van der Waals surface area contributed by atoms with Crippen LogP contribution in [0.3, 0.4) is 0 Å². The second-order valence-electron chi connectivity index (χ2n) is 4.94.